The van der Waals surface area contributed by atoms with E-state index < -0.39 is 104 Å². The van der Waals surface area contributed by atoms with E-state index in [1.165, 1.54) is 123 Å². The highest BCUT2D eigenvalue weighted by Gasteiger charge is 2.53. The van der Waals surface area contributed by atoms with Gasteiger partial charge < -0.3 is 43.2 Å². The molecular weight excluding hydrogens is 963 g/mol. The Bertz CT molecular complexity index is 1710. The molecule has 0 saturated carbocycles. The van der Waals surface area contributed by atoms with Gasteiger partial charge in [-0.25, -0.2) is 0 Å². The minimum Gasteiger partial charge on any atom is -0.463 e. The zero-order chi connectivity index (χ0) is 55.6. The van der Waals surface area contributed by atoms with Crippen molar-refractivity contribution in [1.82, 2.24) is 5.32 Å². The van der Waals surface area contributed by atoms with Gasteiger partial charge in [-0.05, 0) is 51.5 Å². The summed E-state index contributed by atoms with van der Waals surface area (Å²) in [5, 5.41) is 2.89. The number of rotatable bonds is 43. The standard InChI is InChI=1S/C59H99NO15/c1-10-12-14-16-18-19-20-21-22-23-24-25-26-27-28-30-32-36-41-53(71-47(6)63)58(67)60-51(52(70-46(5)62)40-37-33-35-39-44(3)38-34-31-29-17-15-13-11-2)42-69-59-57(74-50(9)66)56(73-49(8)65)55(72-48(7)64)54(75-59)43-68-45(4)61/h34,37-40,51-57,59H,10-33,35-36,41-43H2,1-9H3,(H,60,67)/b38-34+,40-37+,44-39+/t51-,52+,53+,54+,55+,56-,57+,59+/m0/s1. The van der Waals surface area contributed by atoms with Gasteiger partial charge in [0.25, 0.3) is 5.91 Å². The zero-order valence-electron chi connectivity index (χ0n) is 47.6. The molecule has 16 heteroatoms. The van der Waals surface area contributed by atoms with Crippen LogP contribution < -0.4 is 5.32 Å². The molecule has 1 heterocycles. The third kappa shape index (κ3) is 35.4. The zero-order valence-corrected chi connectivity index (χ0v) is 47.6. The number of carbonyl (C=O) groups is 7. The molecule has 0 aliphatic carbocycles. The van der Waals surface area contributed by atoms with Crippen molar-refractivity contribution in [2.75, 3.05) is 13.2 Å². The van der Waals surface area contributed by atoms with Gasteiger partial charge >= 0.3 is 35.8 Å². The molecule has 0 aromatic heterocycles. The second-order valence-electron chi connectivity index (χ2n) is 20.0. The number of carbonyl (C=O) groups excluding carboxylic acids is 7. The summed E-state index contributed by atoms with van der Waals surface area (Å²) in [6, 6.07) is -1.17. The van der Waals surface area contributed by atoms with Crippen molar-refractivity contribution in [3.63, 3.8) is 0 Å². The van der Waals surface area contributed by atoms with Crippen molar-refractivity contribution >= 4 is 41.7 Å². The van der Waals surface area contributed by atoms with Gasteiger partial charge in [0, 0.05) is 41.5 Å². The average molecular weight is 1060 g/mol. The molecule has 0 spiro atoms. The normalized spacial score (nSPS) is 19.0. The van der Waals surface area contributed by atoms with E-state index in [4.69, 9.17) is 37.9 Å². The summed E-state index contributed by atoms with van der Waals surface area (Å²) in [7, 11) is 0. The van der Waals surface area contributed by atoms with Crippen LogP contribution in [-0.4, -0.2) is 104 Å². The minimum atomic E-state index is -1.59. The highest BCUT2D eigenvalue weighted by molar-refractivity contribution is 5.83. The molecule has 0 unspecified atom stereocenters. The van der Waals surface area contributed by atoms with Crippen molar-refractivity contribution < 1.29 is 71.5 Å². The molecule has 16 nitrogen and oxygen atoms in total. The first kappa shape index (κ1) is 68.4. The molecule has 1 aliphatic rings. The molecule has 0 aromatic rings. The maximum Gasteiger partial charge on any atom is 0.303 e. The smallest absolute Gasteiger partial charge is 0.303 e. The van der Waals surface area contributed by atoms with Crippen LogP contribution in [0.15, 0.2) is 36.0 Å². The van der Waals surface area contributed by atoms with Crippen LogP contribution in [0.25, 0.3) is 0 Å². The van der Waals surface area contributed by atoms with E-state index in [1.54, 1.807) is 6.08 Å². The van der Waals surface area contributed by atoms with E-state index in [0.29, 0.717) is 19.3 Å². The molecule has 1 aliphatic heterocycles. The molecule has 0 bridgehead atoms. The SMILES string of the molecule is CCCCCCC/C=C/C(C)=C/CC/C=C/[C@@H](OC(C)=O)[C@H](CO[C@@H]1O[C@H](COC(C)=O)[C@@H](OC(C)=O)[C@H](OC(C)=O)[C@H]1OC(C)=O)NC(=O)[C@@H](CCCCCCCCCCCCCCCCCCCC)OC(C)=O. The first-order chi connectivity index (χ1) is 36.0. The van der Waals surface area contributed by atoms with Gasteiger partial charge in [-0.1, -0.05) is 179 Å². The molecule has 0 aromatic carbocycles. The van der Waals surface area contributed by atoms with Crippen LogP contribution in [0.4, 0.5) is 0 Å². The number of esters is 6. The Labute approximate surface area is 450 Å². The number of hydrogen-bond donors (Lipinski definition) is 1. The summed E-state index contributed by atoms with van der Waals surface area (Å²) in [4.78, 5) is 88.6. The van der Waals surface area contributed by atoms with Crippen LogP contribution in [-0.2, 0) is 71.5 Å². The summed E-state index contributed by atoms with van der Waals surface area (Å²) >= 11 is 0. The van der Waals surface area contributed by atoms with E-state index in [1.807, 2.05) is 13.0 Å². The number of ether oxygens (including phenoxy) is 8. The van der Waals surface area contributed by atoms with Gasteiger partial charge in [-0.15, -0.1) is 0 Å². The first-order valence-electron chi connectivity index (χ1n) is 28.6. The molecule has 1 amide bonds. The third-order valence-corrected chi connectivity index (χ3v) is 12.8. The second kappa shape index (κ2) is 43.5. The quantitative estimate of drug-likeness (QED) is 0.0198. The van der Waals surface area contributed by atoms with Gasteiger partial charge in [0.05, 0.1) is 12.6 Å². The van der Waals surface area contributed by atoms with E-state index >= 15 is 0 Å². The summed E-state index contributed by atoms with van der Waals surface area (Å²) < 4.78 is 45.7. The van der Waals surface area contributed by atoms with Crippen LogP contribution >= 0.6 is 0 Å². The Kier molecular flexibility index (Phi) is 39.7. The minimum absolute atomic E-state index is 0.241. The van der Waals surface area contributed by atoms with Crippen molar-refractivity contribution in [1.29, 1.82) is 0 Å². The van der Waals surface area contributed by atoms with E-state index in [-0.39, 0.29) is 6.42 Å². The van der Waals surface area contributed by atoms with Crippen molar-refractivity contribution in [3.05, 3.63) is 36.0 Å². The van der Waals surface area contributed by atoms with Crippen LogP contribution in [0.2, 0.25) is 0 Å². The highest BCUT2D eigenvalue weighted by atomic mass is 16.7. The summed E-state index contributed by atoms with van der Waals surface area (Å²) in [5.74, 6) is -5.11. The third-order valence-electron chi connectivity index (χ3n) is 12.8. The first-order valence-corrected chi connectivity index (χ1v) is 28.6. The molecule has 75 heavy (non-hydrogen) atoms. The van der Waals surface area contributed by atoms with E-state index in [9.17, 15) is 33.6 Å². The Hall–Kier alpha value is -4.57. The van der Waals surface area contributed by atoms with Crippen LogP contribution in [0, 0.1) is 0 Å². The number of unbranched alkanes of at least 4 members (excludes halogenated alkanes) is 23. The lowest BCUT2D eigenvalue weighted by Crippen LogP contribution is -2.63. The van der Waals surface area contributed by atoms with Gasteiger partial charge in [0.1, 0.15) is 18.8 Å². The Morgan fingerprint density at radius 3 is 1.48 bits per heavy atom. The fraction of sp³-hybridized carbons (Fsp3) is 0.780. The topological polar surface area (TPSA) is 205 Å². The molecule has 1 fully saturated rings. The fourth-order valence-corrected chi connectivity index (χ4v) is 8.98. The van der Waals surface area contributed by atoms with Gasteiger partial charge in [-0.2, -0.15) is 0 Å². The number of amides is 1. The summed E-state index contributed by atoms with van der Waals surface area (Å²) in [5.41, 5.74) is 1.11. The molecule has 1 rings (SSSR count). The van der Waals surface area contributed by atoms with Crippen LogP contribution in [0.5, 0.6) is 0 Å². The van der Waals surface area contributed by atoms with Gasteiger partial charge in [-0.3, -0.25) is 33.6 Å². The predicted octanol–water partition coefficient (Wildman–Crippen LogP) is 12.1. The molecular formula is C59H99NO15. The summed E-state index contributed by atoms with van der Waals surface area (Å²) in [6.07, 6.45) is 30.5. The lowest BCUT2D eigenvalue weighted by atomic mass is 9.98. The van der Waals surface area contributed by atoms with Crippen molar-refractivity contribution in [2.24, 2.45) is 0 Å². The molecule has 1 saturated heterocycles. The Balaban J connectivity index is 3.27. The van der Waals surface area contributed by atoms with Crippen LogP contribution in [0.3, 0.4) is 0 Å². The Morgan fingerprint density at radius 1 is 0.507 bits per heavy atom. The highest BCUT2D eigenvalue weighted by Crippen LogP contribution is 2.30. The lowest BCUT2D eigenvalue weighted by Gasteiger charge is -2.44. The molecule has 0 radical (unpaired) electrons. The van der Waals surface area contributed by atoms with E-state index in [0.717, 1.165) is 71.8 Å². The van der Waals surface area contributed by atoms with Crippen molar-refractivity contribution in [2.45, 2.75) is 285 Å². The van der Waals surface area contributed by atoms with Gasteiger partial charge in [0.15, 0.2) is 30.7 Å². The monoisotopic (exact) mass is 1060 g/mol. The van der Waals surface area contributed by atoms with E-state index in [2.05, 4.69) is 37.4 Å². The lowest BCUT2D eigenvalue weighted by molar-refractivity contribution is -0.309. The number of nitrogens with one attached hydrogen (secondary N) is 1. The van der Waals surface area contributed by atoms with Gasteiger partial charge in [0.2, 0.25) is 0 Å². The number of allylic oxidation sites excluding steroid dienone is 5. The van der Waals surface area contributed by atoms with Crippen molar-refractivity contribution in [3.8, 4) is 0 Å². The molecule has 1 N–H and O–H groups in total. The Morgan fingerprint density at radius 2 is 0.987 bits per heavy atom. The van der Waals surface area contributed by atoms with Crippen LogP contribution in [0.1, 0.15) is 236 Å². The maximum atomic E-state index is 14.2. The maximum absolute atomic E-state index is 14.2. The summed E-state index contributed by atoms with van der Waals surface area (Å²) in [6.45, 7) is 12.5. The largest absolute Gasteiger partial charge is 0.463 e. The fourth-order valence-electron chi connectivity index (χ4n) is 8.98. The average Bonchev–Trinajstić information content (AvgIpc) is 3.34. The molecule has 430 valence electrons. The second-order valence-corrected chi connectivity index (χ2v) is 20.0. The molecule has 8 atom stereocenters. The number of hydrogen-bond acceptors (Lipinski definition) is 15. The predicted molar refractivity (Wildman–Crippen MR) is 289 cm³/mol.